The third-order valence-electron chi connectivity index (χ3n) is 3.48. The minimum Gasteiger partial charge on any atom is -0.412 e. The lowest BCUT2D eigenvalue weighted by atomic mass is 9.83. The zero-order chi connectivity index (χ0) is 17.8. The van der Waals surface area contributed by atoms with Crippen LogP contribution in [0.4, 0.5) is 10.5 Å². The predicted octanol–water partition coefficient (Wildman–Crippen LogP) is 4.74. The summed E-state index contributed by atoms with van der Waals surface area (Å²) < 4.78 is 4.71. The lowest BCUT2D eigenvalue weighted by Gasteiger charge is -2.22. The molecule has 24 heavy (non-hydrogen) atoms. The molecular weight excluding hydrogens is 400 g/mol. The number of ketones is 2. The van der Waals surface area contributed by atoms with Crippen LogP contribution in [-0.4, -0.2) is 17.0 Å². The number of hydrogen-bond donors (Lipinski definition) is 1. The molecule has 2 aromatic carbocycles. The van der Waals surface area contributed by atoms with Crippen LogP contribution in [0.1, 0.15) is 31.8 Å². The van der Waals surface area contributed by atoms with E-state index in [2.05, 4.69) is 0 Å². The maximum Gasteiger partial charge on any atom is 0.409 e. The van der Waals surface area contributed by atoms with Crippen LogP contribution in [0.25, 0.3) is 0 Å². The Bertz CT molecular complexity index is 955. The maximum atomic E-state index is 12.8. The molecule has 0 saturated carbocycles. The largest absolute Gasteiger partial charge is 0.412 e. The Labute approximate surface area is 155 Å². The number of benzene rings is 2. The second-order valence-corrected chi connectivity index (χ2v) is 6.33. The lowest BCUT2D eigenvalue weighted by Crippen LogP contribution is -2.24. The molecule has 0 aromatic heterocycles. The monoisotopic (exact) mass is 403 g/mol. The van der Waals surface area contributed by atoms with Gasteiger partial charge in [0.1, 0.15) is 0 Å². The minimum atomic E-state index is -1.17. The van der Waals surface area contributed by atoms with Crippen molar-refractivity contribution in [1.29, 1.82) is 0 Å². The molecule has 0 bridgehead atoms. The van der Waals surface area contributed by atoms with E-state index in [1.807, 2.05) is 0 Å². The molecular formula is C15H5Cl4NO4. The van der Waals surface area contributed by atoms with Gasteiger partial charge in [-0.15, -0.1) is 0 Å². The number of hydrogen-bond acceptors (Lipinski definition) is 5. The molecule has 2 N–H and O–H groups in total. The summed E-state index contributed by atoms with van der Waals surface area (Å²) >= 11 is 23.3. The van der Waals surface area contributed by atoms with Crippen LogP contribution in [0.5, 0.6) is 5.75 Å². The summed E-state index contributed by atoms with van der Waals surface area (Å²) in [6.45, 7) is 0. The van der Waals surface area contributed by atoms with E-state index in [4.69, 9.17) is 56.9 Å². The zero-order valence-corrected chi connectivity index (χ0v) is 14.5. The van der Waals surface area contributed by atoms with Crippen molar-refractivity contribution in [3.63, 3.8) is 0 Å². The van der Waals surface area contributed by atoms with Crippen molar-refractivity contribution < 1.29 is 19.1 Å². The highest BCUT2D eigenvalue weighted by Crippen LogP contribution is 2.43. The Morgan fingerprint density at radius 1 is 0.875 bits per heavy atom. The van der Waals surface area contributed by atoms with Gasteiger partial charge in [-0.1, -0.05) is 34.8 Å². The summed E-state index contributed by atoms with van der Waals surface area (Å²) in [5, 5.41) is -0.0369. The average Bonchev–Trinajstić information content (AvgIpc) is 2.49. The van der Waals surface area contributed by atoms with Crippen LogP contribution in [0, 0.1) is 0 Å². The van der Waals surface area contributed by atoms with E-state index in [0.717, 1.165) is 6.07 Å². The number of nitrogens with two attached hydrogens (primary N) is 1. The third-order valence-corrected chi connectivity index (χ3v) is 4.49. The molecule has 0 unspecified atom stereocenters. The van der Waals surface area contributed by atoms with Crippen molar-refractivity contribution in [2.45, 2.75) is 0 Å². The molecule has 0 radical (unpaired) electrons. The van der Waals surface area contributed by atoms with E-state index in [9.17, 15) is 14.4 Å². The SMILES string of the molecule is Nc1c(OC(=O)Cl)cc(Cl)c2c1C(=O)c1c(Cl)ccc(Cl)c1C2=O. The third kappa shape index (κ3) is 2.45. The highest BCUT2D eigenvalue weighted by Gasteiger charge is 2.37. The minimum absolute atomic E-state index is 0.0358. The van der Waals surface area contributed by atoms with Gasteiger partial charge in [-0.3, -0.25) is 9.59 Å². The molecule has 0 amide bonds. The normalized spacial score (nSPS) is 12.7. The molecule has 1 aliphatic rings. The van der Waals surface area contributed by atoms with Gasteiger partial charge in [-0.25, -0.2) is 4.79 Å². The Hall–Kier alpha value is -1.79. The van der Waals surface area contributed by atoms with Crippen LogP contribution in [0.3, 0.4) is 0 Å². The second kappa shape index (κ2) is 5.93. The van der Waals surface area contributed by atoms with Crippen LogP contribution >= 0.6 is 46.4 Å². The number of carbonyl (C=O) groups excluding carboxylic acids is 3. The summed E-state index contributed by atoms with van der Waals surface area (Å²) in [5.74, 6) is -1.49. The standard InChI is InChI=1S/C15H5Cl4NO4/c16-4-1-2-5(17)9-8(4)13(21)10-6(18)3-7(24-15(19)23)12(20)11(10)14(9)22/h1-3H,20H2. The lowest BCUT2D eigenvalue weighted by molar-refractivity contribution is 0.0980. The van der Waals surface area contributed by atoms with Crippen LogP contribution < -0.4 is 10.5 Å². The van der Waals surface area contributed by atoms with Crippen LogP contribution in [-0.2, 0) is 0 Å². The molecule has 0 spiro atoms. The number of anilines is 1. The molecule has 5 nitrogen and oxygen atoms in total. The number of carbonyl (C=O) groups is 3. The fraction of sp³-hybridized carbons (Fsp3) is 0. The molecule has 2 aromatic rings. The summed E-state index contributed by atoms with van der Waals surface area (Å²) in [5.41, 5.74) is 3.98. The first-order valence-electron chi connectivity index (χ1n) is 6.30. The van der Waals surface area contributed by atoms with Gasteiger partial charge in [0, 0.05) is 17.7 Å². The van der Waals surface area contributed by atoms with Gasteiger partial charge >= 0.3 is 5.43 Å². The van der Waals surface area contributed by atoms with Gasteiger partial charge in [0.2, 0.25) is 0 Å². The summed E-state index contributed by atoms with van der Waals surface area (Å²) in [4.78, 5) is 36.5. The van der Waals surface area contributed by atoms with E-state index >= 15 is 0 Å². The van der Waals surface area contributed by atoms with Crippen molar-refractivity contribution in [1.82, 2.24) is 0 Å². The first-order chi connectivity index (χ1) is 11.2. The van der Waals surface area contributed by atoms with Crippen LogP contribution in [0.15, 0.2) is 18.2 Å². The van der Waals surface area contributed by atoms with Gasteiger partial charge in [-0.05, 0) is 12.1 Å². The molecule has 122 valence electrons. The summed E-state index contributed by atoms with van der Waals surface area (Å²) in [7, 11) is 0. The number of nitrogen functional groups attached to an aromatic ring is 1. The van der Waals surface area contributed by atoms with Gasteiger partial charge in [0.15, 0.2) is 17.3 Å². The smallest absolute Gasteiger partial charge is 0.409 e. The molecule has 0 saturated heterocycles. The fourth-order valence-electron chi connectivity index (χ4n) is 2.52. The topological polar surface area (TPSA) is 86.5 Å². The molecule has 0 atom stereocenters. The first-order valence-corrected chi connectivity index (χ1v) is 7.82. The highest BCUT2D eigenvalue weighted by atomic mass is 35.5. The van der Waals surface area contributed by atoms with Gasteiger partial charge in [-0.2, -0.15) is 0 Å². The quantitative estimate of drug-likeness (QED) is 0.467. The Morgan fingerprint density at radius 3 is 1.83 bits per heavy atom. The number of rotatable bonds is 1. The Kier molecular flexibility index (Phi) is 4.21. The van der Waals surface area contributed by atoms with E-state index in [-0.39, 0.29) is 48.8 Å². The number of ether oxygens (including phenoxy) is 1. The van der Waals surface area contributed by atoms with Crippen LogP contribution in [0.2, 0.25) is 15.1 Å². The van der Waals surface area contributed by atoms with E-state index in [1.165, 1.54) is 12.1 Å². The summed E-state index contributed by atoms with van der Waals surface area (Å²) in [6.07, 6.45) is 0. The number of fused-ring (bicyclic) bond motifs is 2. The van der Waals surface area contributed by atoms with Crippen molar-refractivity contribution in [3.8, 4) is 5.75 Å². The van der Waals surface area contributed by atoms with Gasteiger partial charge in [0.25, 0.3) is 0 Å². The van der Waals surface area contributed by atoms with Crippen molar-refractivity contribution >= 4 is 69.1 Å². The zero-order valence-electron chi connectivity index (χ0n) is 11.5. The Morgan fingerprint density at radius 2 is 1.33 bits per heavy atom. The highest BCUT2D eigenvalue weighted by molar-refractivity contribution is 6.61. The van der Waals surface area contributed by atoms with E-state index in [0.29, 0.717) is 0 Å². The average molecular weight is 405 g/mol. The predicted molar refractivity (Wildman–Crippen MR) is 91.1 cm³/mol. The Balaban J connectivity index is 2.37. The molecule has 9 heteroatoms. The van der Waals surface area contributed by atoms with Gasteiger partial charge < -0.3 is 10.5 Å². The molecule has 3 rings (SSSR count). The second-order valence-electron chi connectivity index (χ2n) is 4.80. The maximum absolute atomic E-state index is 12.8. The van der Waals surface area contributed by atoms with Crippen molar-refractivity contribution in [2.24, 2.45) is 0 Å². The fourth-order valence-corrected chi connectivity index (χ4v) is 3.37. The molecule has 1 aliphatic carbocycles. The summed E-state index contributed by atoms with van der Waals surface area (Å²) in [6, 6.07) is 3.92. The van der Waals surface area contributed by atoms with Crippen molar-refractivity contribution in [2.75, 3.05) is 5.73 Å². The van der Waals surface area contributed by atoms with Gasteiger partial charge in [0.05, 0.1) is 43.0 Å². The first kappa shape index (κ1) is 17.0. The molecule has 0 heterocycles. The van der Waals surface area contributed by atoms with Crippen molar-refractivity contribution in [3.05, 3.63) is 55.5 Å². The molecule has 0 aliphatic heterocycles. The molecule has 0 fully saturated rings. The number of halogens is 4. The van der Waals surface area contributed by atoms with E-state index < -0.39 is 17.0 Å². The van der Waals surface area contributed by atoms with E-state index in [1.54, 1.807) is 0 Å².